The number of rotatable bonds is 8. The van der Waals surface area contributed by atoms with Crippen molar-refractivity contribution < 1.29 is 23.5 Å². The van der Waals surface area contributed by atoms with Crippen molar-refractivity contribution in [3.63, 3.8) is 0 Å². The summed E-state index contributed by atoms with van der Waals surface area (Å²) in [6, 6.07) is 3.76. The number of carbonyl (C=O) groups excluding carboxylic acids is 2. The molecular weight excluding hydrogens is 277 g/mol. The predicted molar refractivity (Wildman–Crippen MR) is 76.2 cm³/mol. The summed E-state index contributed by atoms with van der Waals surface area (Å²) in [6.45, 7) is 2.31. The maximum absolute atomic E-state index is 13.4. The first-order valence-corrected chi connectivity index (χ1v) is 6.92. The Kier molecular flexibility index (Phi) is 7.21. The molecule has 0 aromatic heterocycles. The number of benzene rings is 1. The second-order valence-electron chi connectivity index (χ2n) is 4.49. The van der Waals surface area contributed by atoms with Gasteiger partial charge < -0.3 is 15.2 Å². The van der Waals surface area contributed by atoms with Gasteiger partial charge in [0.05, 0.1) is 18.8 Å². The molecule has 0 bridgehead atoms. The molecule has 0 aliphatic rings. The highest BCUT2D eigenvalue weighted by molar-refractivity contribution is 5.90. The summed E-state index contributed by atoms with van der Waals surface area (Å²) in [5.74, 6) is -1.61. The Morgan fingerprint density at radius 2 is 1.95 bits per heavy atom. The van der Waals surface area contributed by atoms with Gasteiger partial charge in [0.1, 0.15) is 5.82 Å². The van der Waals surface area contributed by atoms with E-state index in [2.05, 4.69) is 0 Å². The number of hydrogen-bond acceptors (Lipinski definition) is 5. The van der Waals surface area contributed by atoms with Crippen molar-refractivity contribution in [2.24, 2.45) is 0 Å². The maximum atomic E-state index is 13.4. The van der Waals surface area contributed by atoms with Crippen LogP contribution in [-0.2, 0) is 14.3 Å². The van der Waals surface area contributed by atoms with Crippen molar-refractivity contribution in [3.05, 3.63) is 29.6 Å². The van der Waals surface area contributed by atoms with Crippen LogP contribution in [0, 0.1) is 5.82 Å². The summed E-state index contributed by atoms with van der Waals surface area (Å²) in [5, 5.41) is 0. The summed E-state index contributed by atoms with van der Waals surface area (Å²) in [4.78, 5) is 22.7. The molecule has 0 saturated heterocycles. The summed E-state index contributed by atoms with van der Waals surface area (Å²) >= 11 is 0. The van der Waals surface area contributed by atoms with E-state index in [0.29, 0.717) is 31.6 Å². The minimum absolute atomic E-state index is 0.165. The van der Waals surface area contributed by atoms with Gasteiger partial charge in [-0.1, -0.05) is 0 Å². The van der Waals surface area contributed by atoms with Crippen molar-refractivity contribution >= 4 is 17.6 Å². The minimum Gasteiger partial charge on any atom is -0.466 e. The second-order valence-corrected chi connectivity index (χ2v) is 4.49. The fourth-order valence-electron chi connectivity index (χ4n) is 1.72. The van der Waals surface area contributed by atoms with E-state index in [1.807, 2.05) is 0 Å². The molecule has 6 heteroatoms. The lowest BCUT2D eigenvalue weighted by molar-refractivity contribution is -0.143. The quantitative estimate of drug-likeness (QED) is 0.453. The van der Waals surface area contributed by atoms with E-state index in [0.717, 1.165) is 12.5 Å². The standard InChI is InChI=1S/C15H20FNO4/c1-2-20-14(18)6-4-3-5-9-21-15(19)12-10-11(17)7-8-13(12)16/h7-8,10H,2-6,9,17H2,1H3. The van der Waals surface area contributed by atoms with Crippen LogP contribution in [0.4, 0.5) is 10.1 Å². The van der Waals surface area contributed by atoms with Crippen LogP contribution in [0.5, 0.6) is 0 Å². The topological polar surface area (TPSA) is 78.6 Å². The van der Waals surface area contributed by atoms with Gasteiger partial charge in [-0.2, -0.15) is 0 Å². The third kappa shape index (κ3) is 6.25. The second kappa shape index (κ2) is 8.94. The Labute approximate surface area is 123 Å². The first-order chi connectivity index (χ1) is 10.0. The number of unbranched alkanes of at least 4 members (excludes halogenated alkanes) is 2. The first-order valence-electron chi connectivity index (χ1n) is 6.92. The number of ether oxygens (including phenoxy) is 2. The van der Waals surface area contributed by atoms with E-state index in [9.17, 15) is 14.0 Å². The number of esters is 2. The zero-order valence-corrected chi connectivity index (χ0v) is 12.1. The smallest absolute Gasteiger partial charge is 0.341 e. The van der Waals surface area contributed by atoms with Gasteiger partial charge in [-0.05, 0) is 44.4 Å². The van der Waals surface area contributed by atoms with Crippen molar-refractivity contribution in [2.45, 2.75) is 32.6 Å². The van der Waals surface area contributed by atoms with Gasteiger partial charge in [0.15, 0.2) is 0 Å². The Morgan fingerprint density at radius 3 is 2.67 bits per heavy atom. The SMILES string of the molecule is CCOC(=O)CCCCCOC(=O)c1cc(N)ccc1F. The van der Waals surface area contributed by atoms with Crippen LogP contribution in [0.3, 0.4) is 0 Å². The van der Waals surface area contributed by atoms with E-state index in [1.54, 1.807) is 6.92 Å². The number of anilines is 1. The Bertz CT molecular complexity index is 491. The monoisotopic (exact) mass is 297 g/mol. The molecule has 116 valence electrons. The molecule has 0 amide bonds. The molecule has 1 aromatic carbocycles. The van der Waals surface area contributed by atoms with Crippen LogP contribution in [0.1, 0.15) is 43.0 Å². The molecule has 2 N–H and O–H groups in total. The molecule has 1 rings (SSSR count). The van der Waals surface area contributed by atoms with Gasteiger partial charge in [0.2, 0.25) is 0 Å². The van der Waals surface area contributed by atoms with Crippen molar-refractivity contribution in [3.8, 4) is 0 Å². The molecule has 0 unspecified atom stereocenters. The lowest BCUT2D eigenvalue weighted by Gasteiger charge is -2.06. The average molecular weight is 297 g/mol. The molecule has 0 aliphatic heterocycles. The molecule has 0 atom stereocenters. The lowest BCUT2D eigenvalue weighted by atomic mass is 10.2. The number of halogens is 1. The van der Waals surface area contributed by atoms with Crippen LogP contribution in [0.25, 0.3) is 0 Å². The largest absolute Gasteiger partial charge is 0.466 e. The van der Waals surface area contributed by atoms with Gasteiger partial charge in [0, 0.05) is 12.1 Å². The van der Waals surface area contributed by atoms with Crippen LogP contribution in [0.2, 0.25) is 0 Å². The van der Waals surface area contributed by atoms with Gasteiger partial charge in [-0.25, -0.2) is 9.18 Å². The van der Waals surface area contributed by atoms with E-state index < -0.39 is 11.8 Å². The highest BCUT2D eigenvalue weighted by atomic mass is 19.1. The summed E-state index contributed by atoms with van der Waals surface area (Å²) in [6.07, 6.45) is 2.36. The number of nitrogen functional groups attached to an aromatic ring is 1. The molecule has 1 aromatic rings. The van der Waals surface area contributed by atoms with E-state index in [4.69, 9.17) is 15.2 Å². The van der Waals surface area contributed by atoms with Crippen LogP contribution in [0.15, 0.2) is 18.2 Å². The van der Waals surface area contributed by atoms with Crippen LogP contribution < -0.4 is 5.73 Å². The third-order valence-electron chi connectivity index (χ3n) is 2.77. The lowest BCUT2D eigenvalue weighted by Crippen LogP contribution is -2.09. The molecule has 0 radical (unpaired) electrons. The van der Waals surface area contributed by atoms with E-state index in [-0.39, 0.29) is 18.1 Å². The van der Waals surface area contributed by atoms with Crippen LogP contribution in [-0.4, -0.2) is 25.2 Å². The molecule has 0 aliphatic carbocycles. The van der Waals surface area contributed by atoms with Crippen molar-refractivity contribution in [1.29, 1.82) is 0 Å². The Morgan fingerprint density at radius 1 is 1.19 bits per heavy atom. The fraction of sp³-hybridized carbons (Fsp3) is 0.467. The number of hydrogen-bond donors (Lipinski definition) is 1. The molecule has 0 saturated carbocycles. The van der Waals surface area contributed by atoms with E-state index >= 15 is 0 Å². The summed E-state index contributed by atoms with van der Waals surface area (Å²) < 4.78 is 23.2. The maximum Gasteiger partial charge on any atom is 0.341 e. The summed E-state index contributed by atoms with van der Waals surface area (Å²) in [7, 11) is 0. The Balaban J connectivity index is 2.22. The third-order valence-corrected chi connectivity index (χ3v) is 2.77. The number of nitrogens with two attached hydrogens (primary N) is 1. The molecule has 21 heavy (non-hydrogen) atoms. The first kappa shape index (κ1) is 16.9. The van der Waals surface area contributed by atoms with Gasteiger partial charge in [-0.15, -0.1) is 0 Å². The fourth-order valence-corrected chi connectivity index (χ4v) is 1.72. The highest BCUT2D eigenvalue weighted by Gasteiger charge is 2.13. The molecule has 5 nitrogen and oxygen atoms in total. The van der Waals surface area contributed by atoms with Crippen molar-refractivity contribution in [2.75, 3.05) is 18.9 Å². The number of carbonyl (C=O) groups is 2. The molecule has 0 heterocycles. The van der Waals surface area contributed by atoms with Gasteiger partial charge in [-0.3, -0.25) is 4.79 Å². The predicted octanol–water partition coefficient (Wildman–Crippen LogP) is 2.69. The van der Waals surface area contributed by atoms with Gasteiger partial charge >= 0.3 is 11.9 Å². The summed E-state index contributed by atoms with van der Waals surface area (Å²) in [5.41, 5.74) is 5.63. The van der Waals surface area contributed by atoms with Crippen LogP contribution >= 0.6 is 0 Å². The molecular formula is C15H20FNO4. The molecule has 0 spiro atoms. The van der Waals surface area contributed by atoms with E-state index in [1.165, 1.54) is 12.1 Å². The zero-order valence-electron chi connectivity index (χ0n) is 12.1. The minimum atomic E-state index is -0.731. The van der Waals surface area contributed by atoms with Gasteiger partial charge in [0.25, 0.3) is 0 Å². The average Bonchev–Trinajstić information content (AvgIpc) is 2.45. The highest BCUT2D eigenvalue weighted by Crippen LogP contribution is 2.13. The Hall–Kier alpha value is -2.11. The normalized spacial score (nSPS) is 10.2. The molecule has 0 fully saturated rings. The van der Waals surface area contributed by atoms with Crippen molar-refractivity contribution in [1.82, 2.24) is 0 Å². The zero-order chi connectivity index (χ0) is 15.7.